The lowest BCUT2D eigenvalue weighted by Gasteiger charge is -2.29. The molecule has 0 saturated carbocycles. The number of thiazole rings is 2. The molecule has 1 unspecified atom stereocenters. The number of carboxylic acids is 1. The van der Waals surface area contributed by atoms with Gasteiger partial charge in [0.05, 0.1) is 16.8 Å². The Bertz CT molecular complexity index is 1970. The van der Waals surface area contributed by atoms with Gasteiger partial charge in [0.1, 0.15) is 11.7 Å². The van der Waals surface area contributed by atoms with E-state index in [-0.39, 0.29) is 17.5 Å². The minimum atomic E-state index is -1.04. The van der Waals surface area contributed by atoms with Crippen LogP contribution in [0.5, 0.6) is 5.75 Å². The zero-order chi connectivity index (χ0) is 30.9. The third-order valence-corrected chi connectivity index (χ3v) is 10.3. The summed E-state index contributed by atoms with van der Waals surface area (Å²) in [6.07, 6.45) is 2.87. The van der Waals surface area contributed by atoms with Crippen molar-refractivity contribution in [3.63, 3.8) is 0 Å². The fourth-order valence-corrected chi connectivity index (χ4v) is 7.92. The topological polar surface area (TPSA) is 109 Å². The van der Waals surface area contributed by atoms with Gasteiger partial charge in [0.25, 0.3) is 19.0 Å². The van der Waals surface area contributed by atoms with Crippen LogP contribution in [0.25, 0.3) is 15.1 Å². The van der Waals surface area contributed by atoms with E-state index in [9.17, 15) is 14.7 Å². The molecule has 1 atom stereocenters. The largest absolute Gasteiger partial charge is 0.494 e. The average molecular weight is 637 g/mol. The van der Waals surface area contributed by atoms with E-state index in [1.165, 1.54) is 33.8 Å². The van der Waals surface area contributed by atoms with Crippen molar-refractivity contribution in [2.24, 2.45) is 0 Å². The highest BCUT2D eigenvalue weighted by Gasteiger charge is 2.29. The molecule has 0 fully saturated rings. The maximum atomic E-state index is 13.4. The summed E-state index contributed by atoms with van der Waals surface area (Å²) in [7, 11) is 1.74. The Morgan fingerprint density at radius 3 is 2.82 bits per heavy atom. The maximum absolute atomic E-state index is 13.4. The van der Waals surface area contributed by atoms with Crippen LogP contribution < -0.4 is 15.0 Å². The van der Waals surface area contributed by atoms with E-state index in [2.05, 4.69) is 43.2 Å². The summed E-state index contributed by atoms with van der Waals surface area (Å²) in [4.78, 5) is 41.4. The zero-order valence-electron chi connectivity index (χ0n) is 24.6. The number of rotatable bonds is 9. The Kier molecular flexibility index (Phi) is 7.92. The number of aryl methyl sites for hydroxylation is 1. The second-order valence-electron chi connectivity index (χ2n) is 11.1. The van der Waals surface area contributed by atoms with Crippen molar-refractivity contribution in [3.05, 3.63) is 104 Å². The van der Waals surface area contributed by atoms with E-state index in [1.54, 1.807) is 7.05 Å². The van der Waals surface area contributed by atoms with Gasteiger partial charge in [0.15, 0.2) is 16.0 Å². The van der Waals surface area contributed by atoms with Crippen LogP contribution in [0.1, 0.15) is 60.3 Å². The normalized spacial score (nSPS) is 15.0. The van der Waals surface area contributed by atoms with Gasteiger partial charge < -0.3 is 14.7 Å². The van der Waals surface area contributed by atoms with Gasteiger partial charge in [-0.05, 0) is 78.3 Å². The molecule has 1 amide bonds. The molecule has 2 aromatic heterocycles. The summed E-state index contributed by atoms with van der Waals surface area (Å²) in [5, 5.41) is 14.1. The number of hydrogen-bond acceptors (Lipinski definition) is 8. The standard InChI is InChI=1S/C34H29N5O4S2/c1-35-18-22-16-21-17-23(11-12-24(21)22)43-15-5-10-29-30(32(41)42)37-34(45-29)39-14-13-20-6-4-7-25(26(20)19-39)31(40)38-33-36-27-8-2-3-9-28(27)44-33/h2-4,6-9,11-12,17,22H,5,10,13-16,19H2,1H3,(H-,36,38,40,41,42)/p+1. The van der Waals surface area contributed by atoms with Gasteiger partial charge >= 0.3 is 5.97 Å². The quantitative estimate of drug-likeness (QED) is 0.170. The third-order valence-electron chi connectivity index (χ3n) is 8.21. The van der Waals surface area contributed by atoms with Crippen LogP contribution in [0.4, 0.5) is 10.3 Å². The number of nitrogens with zero attached hydrogens (tertiary/aromatic N) is 4. The molecule has 3 heterocycles. The number of fused-ring (bicyclic) bond motifs is 3. The summed E-state index contributed by atoms with van der Waals surface area (Å²) in [6, 6.07) is 22.8. The molecule has 45 heavy (non-hydrogen) atoms. The predicted octanol–water partition coefficient (Wildman–Crippen LogP) is 6.88. The third kappa shape index (κ3) is 5.87. The number of aromatic carboxylic acids is 1. The van der Waals surface area contributed by atoms with Gasteiger partial charge in [-0.1, -0.05) is 46.5 Å². The number of aromatic nitrogens is 2. The van der Waals surface area contributed by atoms with Crippen LogP contribution in [0.2, 0.25) is 0 Å². The fraction of sp³-hybridized carbons (Fsp3) is 0.265. The predicted molar refractivity (Wildman–Crippen MR) is 178 cm³/mol. The van der Waals surface area contributed by atoms with Crippen LogP contribution in [0.15, 0.2) is 60.7 Å². The molecule has 7 rings (SSSR count). The van der Waals surface area contributed by atoms with E-state index >= 15 is 0 Å². The number of ether oxygens (including phenoxy) is 1. The summed E-state index contributed by atoms with van der Waals surface area (Å²) >= 11 is 2.85. The molecule has 226 valence electrons. The average Bonchev–Trinajstić information content (AvgIpc) is 3.65. The van der Waals surface area contributed by atoms with E-state index in [4.69, 9.17) is 4.74 Å². The number of carbonyl (C=O) groups is 2. The molecular formula is C34H30N5O4S2+. The number of hydrogen-bond donors (Lipinski definition) is 2. The smallest absolute Gasteiger partial charge is 0.355 e. The first kappa shape index (κ1) is 29.0. The van der Waals surface area contributed by atoms with E-state index in [0.717, 1.165) is 44.8 Å². The van der Waals surface area contributed by atoms with Gasteiger partial charge in [-0.2, -0.15) is 0 Å². The number of carbonyl (C=O) groups excluding carboxylic acids is 1. The summed E-state index contributed by atoms with van der Waals surface area (Å²) in [5.41, 5.74) is 6.07. The lowest BCUT2D eigenvalue weighted by atomic mass is 9.78. The van der Waals surface area contributed by atoms with Gasteiger partial charge in [-0.25, -0.2) is 14.8 Å². The van der Waals surface area contributed by atoms with Crippen molar-refractivity contribution in [1.82, 2.24) is 9.97 Å². The minimum absolute atomic E-state index is 0.0867. The molecule has 3 aromatic carbocycles. The van der Waals surface area contributed by atoms with Crippen LogP contribution in [-0.4, -0.2) is 47.2 Å². The van der Waals surface area contributed by atoms with Crippen molar-refractivity contribution in [2.75, 3.05) is 30.4 Å². The van der Waals surface area contributed by atoms with Crippen LogP contribution in [0, 0.1) is 6.07 Å². The number of amides is 1. The number of anilines is 2. The first-order valence-corrected chi connectivity index (χ1v) is 16.5. The Morgan fingerprint density at radius 1 is 1.11 bits per heavy atom. The number of nitrogens with one attached hydrogen (secondary N) is 1. The molecule has 0 spiro atoms. The molecule has 1 aliphatic heterocycles. The van der Waals surface area contributed by atoms with Gasteiger partial charge in [0.2, 0.25) is 0 Å². The molecule has 11 heteroatoms. The first-order valence-electron chi connectivity index (χ1n) is 14.8. The highest BCUT2D eigenvalue weighted by atomic mass is 32.1. The summed E-state index contributed by atoms with van der Waals surface area (Å²) in [6.45, 7) is 1.63. The number of para-hydroxylation sites is 1. The molecule has 5 aromatic rings. The van der Waals surface area contributed by atoms with E-state index in [0.29, 0.717) is 48.4 Å². The van der Waals surface area contributed by atoms with E-state index in [1.807, 2.05) is 48.5 Å². The number of carboxylic acid groups (broad SMARTS) is 1. The Morgan fingerprint density at radius 2 is 2.00 bits per heavy atom. The second-order valence-corrected chi connectivity index (χ2v) is 13.1. The van der Waals surface area contributed by atoms with Gasteiger partial charge in [-0.3, -0.25) is 10.1 Å². The molecule has 2 aliphatic rings. The monoisotopic (exact) mass is 636 g/mol. The fourth-order valence-electron chi connectivity index (χ4n) is 5.94. The highest BCUT2D eigenvalue weighted by molar-refractivity contribution is 7.22. The number of benzene rings is 3. The summed E-state index contributed by atoms with van der Waals surface area (Å²) in [5.74, 6) is -0.153. The maximum Gasteiger partial charge on any atom is 0.355 e. The molecule has 0 saturated heterocycles. The molecule has 0 radical (unpaired) electrons. The molecule has 0 bridgehead atoms. The zero-order valence-corrected chi connectivity index (χ0v) is 26.2. The van der Waals surface area contributed by atoms with Crippen molar-refractivity contribution >= 4 is 55.0 Å². The Labute approximate surface area is 268 Å². The Balaban J connectivity index is 1.02. The van der Waals surface area contributed by atoms with Crippen molar-refractivity contribution in [2.45, 2.75) is 38.1 Å². The van der Waals surface area contributed by atoms with Gasteiger partial charge in [0, 0.05) is 23.5 Å². The lowest BCUT2D eigenvalue weighted by Crippen LogP contribution is -2.32. The van der Waals surface area contributed by atoms with Crippen molar-refractivity contribution in [3.8, 4) is 11.8 Å². The molecule has 2 N–H and O–H groups in total. The van der Waals surface area contributed by atoms with Crippen LogP contribution in [0.3, 0.4) is 0 Å². The van der Waals surface area contributed by atoms with Gasteiger partial charge in [-0.15, -0.1) is 11.3 Å². The molecule has 1 aliphatic carbocycles. The lowest BCUT2D eigenvalue weighted by molar-refractivity contribution is 0.0690. The van der Waals surface area contributed by atoms with Crippen molar-refractivity contribution < 1.29 is 19.4 Å². The van der Waals surface area contributed by atoms with Crippen molar-refractivity contribution in [1.29, 1.82) is 0 Å². The van der Waals surface area contributed by atoms with Crippen LogP contribution in [-0.2, 0) is 25.8 Å². The van der Waals surface area contributed by atoms with Crippen LogP contribution >= 0.6 is 22.7 Å². The molecular weight excluding hydrogens is 607 g/mol. The SMILES string of the molecule is C[N+]#CC1Cc2cc(OCCCc3sc(N4CCc5cccc(C(=O)Nc6nc7ccccc7s6)c5C4)nc3C(=O)O)ccc21. The minimum Gasteiger partial charge on any atom is -0.494 e. The second kappa shape index (κ2) is 12.3. The van der Waals surface area contributed by atoms with E-state index < -0.39 is 5.97 Å². The Hall–Kier alpha value is -4.79. The highest BCUT2D eigenvalue weighted by Crippen LogP contribution is 2.37. The summed E-state index contributed by atoms with van der Waals surface area (Å²) < 4.78 is 7.00. The molecule has 9 nitrogen and oxygen atoms in total. The first-order chi connectivity index (χ1) is 22.0.